The Bertz CT molecular complexity index is 530. The van der Waals surface area contributed by atoms with Gasteiger partial charge in [-0.2, -0.15) is 0 Å². The number of nitrogens with one attached hydrogen (secondary N) is 3. The van der Waals surface area contributed by atoms with Crippen LogP contribution >= 0.6 is 0 Å². The van der Waals surface area contributed by atoms with Gasteiger partial charge in [0.05, 0.1) is 5.69 Å². The van der Waals surface area contributed by atoms with E-state index in [1.165, 1.54) is 25.2 Å². The molecule has 0 aliphatic carbocycles. The monoisotopic (exact) mass is 281 g/mol. The Hall–Kier alpha value is -2.77. The standard InChI is InChI=1S/C12H15N3O5/c1-13-9(16)5-6-14-12(20)15-8-4-2-3-7(10(8)17)11(18)19/h2-4,17H,5-6H2,1H3,(H,13,16)(H,18,19)(H2,14,15,20). The molecular weight excluding hydrogens is 266 g/mol. The minimum Gasteiger partial charge on any atom is -0.505 e. The fourth-order valence-electron chi connectivity index (χ4n) is 1.40. The van der Waals surface area contributed by atoms with Crippen LogP contribution in [0, 0.1) is 0 Å². The first-order valence-corrected chi connectivity index (χ1v) is 5.76. The van der Waals surface area contributed by atoms with Gasteiger partial charge < -0.3 is 26.2 Å². The summed E-state index contributed by atoms with van der Waals surface area (Å²) in [5.41, 5.74) is -0.337. The van der Waals surface area contributed by atoms with Gasteiger partial charge in [0.1, 0.15) is 5.56 Å². The fraction of sp³-hybridized carbons (Fsp3) is 0.250. The molecule has 0 saturated carbocycles. The molecule has 108 valence electrons. The van der Waals surface area contributed by atoms with Crippen LogP contribution in [0.2, 0.25) is 0 Å². The van der Waals surface area contributed by atoms with Gasteiger partial charge in [0.15, 0.2) is 5.75 Å². The highest BCUT2D eigenvalue weighted by Crippen LogP contribution is 2.27. The van der Waals surface area contributed by atoms with Gasteiger partial charge in [-0.05, 0) is 12.1 Å². The van der Waals surface area contributed by atoms with Gasteiger partial charge in [-0.1, -0.05) is 6.07 Å². The first-order chi connectivity index (χ1) is 9.45. The largest absolute Gasteiger partial charge is 0.505 e. The van der Waals surface area contributed by atoms with E-state index in [2.05, 4.69) is 16.0 Å². The van der Waals surface area contributed by atoms with E-state index < -0.39 is 17.7 Å². The lowest BCUT2D eigenvalue weighted by atomic mass is 10.2. The summed E-state index contributed by atoms with van der Waals surface area (Å²) < 4.78 is 0. The molecule has 0 aromatic heterocycles. The summed E-state index contributed by atoms with van der Waals surface area (Å²) in [7, 11) is 1.48. The molecule has 8 nitrogen and oxygen atoms in total. The average molecular weight is 281 g/mol. The molecule has 0 unspecified atom stereocenters. The lowest BCUT2D eigenvalue weighted by molar-refractivity contribution is -0.120. The zero-order valence-electron chi connectivity index (χ0n) is 10.8. The van der Waals surface area contributed by atoms with E-state index in [0.717, 1.165) is 0 Å². The van der Waals surface area contributed by atoms with E-state index in [1.807, 2.05) is 0 Å². The van der Waals surface area contributed by atoms with Crippen molar-refractivity contribution in [3.05, 3.63) is 23.8 Å². The number of hydrogen-bond donors (Lipinski definition) is 5. The number of carbonyl (C=O) groups excluding carboxylic acids is 2. The Balaban J connectivity index is 2.60. The van der Waals surface area contributed by atoms with Gasteiger partial charge in [0, 0.05) is 20.0 Å². The van der Waals surface area contributed by atoms with Crippen LogP contribution in [0.4, 0.5) is 10.5 Å². The summed E-state index contributed by atoms with van der Waals surface area (Å²) in [6.45, 7) is 0.116. The molecule has 1 aromatic carbocycles. The van der Waals surface area contributed by atoms with Gasteiger partial charge in [0.2, 0.25) is 5.91 Å². The molecule has 0 spiro atoms. The predicted molar refractivity (Wildman–Crippen MR) is 70.8 cm³/mol. The molecule has 0 saturated heterocycles. The number of carbonyl (C=O) groups is 3. The molecule has 0 aliphatic heterocycles. The topological polar surface area (TPSA) is 128 Å². The van der Waals surface area contributed by atoms with Gasteiger partial charge >= 0.3 is 12.0 Å². The normalized spacial score (nSPS) is 9.65. The fourth-order valence-corrected chi connectivity index (χ4v) is 1.40. The van der Waals surface area contributed by atoms with Crippen LogP contribution in [-0.2, 0) is 4.79 Å². The van der Waals surface area contributed by atoms with Crippen LogP contribution in [0.15, 0.2) is 18.2 Å². The number of amides is 3. The quantitative estimate of drug-likeness (QED) is 0.497. The lowest BCUT2D eigenvalue weighted by Crippen LogP contribution is -2.32. The van der Waals surface area contributed by atoms with Crippen molar-refractivity contribution in [2.75, 3.05) is 18.9 Å². The smallest absolute Gasteiger partial charge is 0.339 e. The minimum absolute atomic E-state index is 0.0256. The molecule has 1 rings (SSSR count). The average Bonchev–Trinajstić information content (AvgIpc) is 2.40. The molecule has 0 radical (unpaired) electrons. The second-order valence-corrected chi connectivity index (χ2v) is 3.81. The molecule has 0 heterocycles. The Morgan fingerprint density at radius 1 is 1.25 bits per heavy atom. The number of carboxylic acid groups (broad SMARTS) is 1. The SMILES string of the molecule is CNC(=O)CCNC(=O)Nc1cccc(C(=O)O)c1O. The number of aromatic hydroxyl groups is 1. The number of aromatic carboxylic acids is 1. The molecule has 0 atom stereocenters. The third-order valence-corrected chi connectivity index (χ3v) is 2.43. The summed E-state index contributed by atoms with van der Waals surface area (Å²) in [6.07, 6.45) is 0.116. The van der Waals surface area contributed by atoms with Crippen molar-refractivity contribution in [1.29, 1.82) is 0 Å². The minimum atomic E-state index is -1.30. The summed E-state index contributed by atoms with van der Waals surface area (Å²) >= 11 is 0. The number of hydrogen-bond acceptors (Lipinski definition) is 4. The van der Waals surface area contributed by atoms with Crippen LogP contribution in [0.25, 0.3) is 0 Å². The van der Waals surface area contributed by atoms with E-state index in [1.54, 1.807) is 0 Å². The molecular formula is C12H15N3O5. The van der Waals surface area contributed by atoms with Crippen molar-refractivity contribution >= 4 is 23.6 Å². The van der Waals surface area contributed by atoms with Crippen LogP contribution < -0.4 is 16.0 Å². The number of urea groups is 1. The summed E-state index contributed by atoms with van der Waals surface area (Å²) in [4.78, 5) is 33.2. The third-order valence-electron chi connectivity index (χ3n) is 2.43. The van der Waals surface area contributed by atoms with Crippen molar-refractivity contribution in [3.63, 3.8) is 0 Å². The first-order valence-electron chi connectivity index (χ1n) is 5.76. The molecule has 1 aromatic rings. The third kappa shape index (κ3) is 4.16. The van der Waals surface area contributed by atoms with E-state index in [9.17, 15) is 19.5 Å². The van der Waals surface area contributed by atoms with Crippen LogP contribution in [0.3, 0.4) is 0 Å². The number of phenols is 1. The lowest BCUT2D eigenvalue weighted by Gasteiger charge is -2.10. The summed E-state index contributed by atoms with van der Waals surface area (Å²) in [5, 5.41) is 25.6. The molecule has 3 amide bonds. The second kappa shape index (κ2) is 6.98. The van der Waals surface area contributed by atoms with E-state index in [-0.39, 0.29) is 30.1 Å². The van der Waals surface area contributed by atoms with Crippen molar-refractivity contribution in [1.82, 2.24) is 10.6 Å². The highest BCUT2D eigenvalue weighted by Gasteiger charge is 2.14. The van der Waals surface area contributed by atoms with Crippen molar-refractivity contribution in [2.45, 2.75) is 6.42 Å². The number of anilines is 1. The van der Waals surface area contributed by atoms with Gasteiger partial charge in [-0.15, -0.1) is 0 Å². The number of para-hydroxylation sites is 1. The van der Waals surface area contributed by atoms with Gasteiger partial charge in [-0.3, -0.25) is 4.79 Å². The highest BCUT2D eigenvalue weighted by molar-refractivity contribution is 5.97. The zero-order chi connectivity index (χ0) is 15.1. The summed E-state index contributed by atoms with van der Waals surface area (Å²) in [5.74, 6) is -2.05. The van der Waals surface area contributed by atoms with Gasteiger partial charge in [0.25, 0.3) is 0 Å². The van der Waals surface area contributed by atoms with Gasteiger partial charge in [-0.25, -0.2) is 9.59 Å². The Morgan fingerprint density at radius 2 is 1.95 bits per heavy atom. The second-order valence-electron chi connectivity index (χ2n) is 3.81. The summed E-state index contributed by atoms with van der Waals surface area (Å²) in [6, 6.07) is 3.32. The van der Waals surface area contributed by atoms with E-state index in [4.69, 9.17) is 5.11 Å². The molecule has 0 fully saturated rings. The number of rotatable bonds is 5. The maximum atomic E-state index is 11.5. The Kier molecular flexibility index (Phi) is 5.33. The van der Waals surface area contributed by atoms with E-state index >= 15 is 0 Å². The van der Waals surface area contributed by atoms with Crippen LogP contribution in [0.1, 0.15) is 16.8 Å². The number of carboxylic acids is 1. The maximum Gasteiger partial charge on any atom is 0.339 e. The van der Waals surface area contributed by atoms with Crippen LogP contribution in [-0.4, -0.2) is 41.7 Å². The number of benzene rings is 1. The van der Waals surface area contributed by atoms with E-state index in [0.29, 0.717) is 0 Å². The molecule has 8 heteroatoms. The zero-order valence-corrected chi connectivity index (χ0v) is 10.8. The van der Waals surface area contributed by atoms with Crippen molar-refractivity contribution in [2.24, 2.45) is 0 Å². The highest BCUT2D eigenvalue weighted by atomic mass is 16.4. The van der Waals surface area contributed by atoms with Crippen molar-refractivity contribution < 1.29 is 24.6 Å². The van der Waals surface area contributed by atoms with Crippen LogP contribution in [0.5, 0.6) is 5.75 Å². The molecule has 0 aliphatic rings. The van der Waals surface area contributed by atoms with Crippen molar-refractivity contribution in [3.8, 4) is 5.75 Å². The first kappa shape index (κ1) is 15.3. The Labute approximate surface area is 114 Å². The molecule has 20 heavy (non-hydrogen) atoms. The molecule has 5 N–H and O–H groups in total. The Morgan fingerprint density at radius 3 is 2.55 bits per heavy atom. The predicted octanol–water partition coefficient (Wildman–Crippen LogP) is 0.348. The maximum absolute atomic E-state index is 11.5. The molecule has 0 bridgehead atoms.